The fraction of sp³-hybridized carbons (Fsp3) is 0.118. The highest BCUT2D eigenvalue weighted by molar-refractivity contribution is 6.20. The van der Waals surface area contributed by atoms with E-state index in [2.05, 4.69) is 278 Å². The summed E-state index contributed by atoms with van der Waals surface area (Å²) in [6, 6.07) is 81.5. The number of rotatable bonds is 5. The van der Waals surface area contributed by atoms with Crippen molar-refractivity contribution in [3.05, 3.63) is 230 Å². The van der Waals surface area contributed by atoms with Crippen molar-refractivity contribution in [3.8, 4) is 33.9 Å². The van der Waals surface area contributed by atoms with E-state index in [4.69, 9.17) is 0 Å². The Morgan fingerprint density at radius 3 is 1.14 bits per heavy atom. The molecule has 14 aromatic rings. The van der Waals surface area contributed by atoms with Crippen LogP contribution in [0.15, 0.2) is 218 Å². The molecule has 4 nitrogen and oxygen atoms in total. The Labute approximate surface area is 419 Å². The zero-order chi connectivity index (χ0) is 48.6. The number of hydrogen-bond donors (Lipinski definition) is 0. The van der Waals surface area contributed by atoms with Gasteiger partial charge in [0.1, 0.15) is 0 Å². The maximum Gasteiger partial charge on any atom is 0.0548 e. The van der Waals surface area contributed by atoms with E-state index in [0.29, 0.717) is 0 Å². The predicted octanol–water partition coefficient (Wildman–Crippen LogP) is 18.3. The lowest BCUT2D eigenvalue weighted by atomic mass is 9.86. The lowest BCUT2D eigenvalue weighted by molar-refractivity contribution is 0.590. The average Bonchev–Trinajstić information content (AvgIpc) is 4.11. The Balaban J connectivity index is 0.917. The van der Waals surface area contributed by atoms with Crippen LogP contribution in [-0.2, 0) is 10.8 Å². The van der Waals surface area contributed by atoms with Crippen LogP contribution >= 0.6 is 0 Å². The lowest BCUT2D eigenvalue weighted by Gasteiger charge is -2.19. The van der Waals surface area contributed by atoms with Crippen molar-refractivity contribution < 1.29 is 0 Å². The largest absolute Gasteiger partial charge is 0.309 e. The number of fused-ring (bicyclic) bond motifs is 12. The van der Waals surface area contributed by atoms with Crippen LogP contribution in [0.5, 0.6) is 0 Å². The van der Waals surface area contributed by atoms with Crippen LogP contribution in [0, 0.1) is 0 Å². The summed E-state index contributed by atoms with van der Waals surface area (Å²) in [5, 5.41) is 10.0. The van der Waals surface area contributed by atoms with Crippen LogP contribution in [0.3, 0.4) is 0 Å². The van der Waals surface area contributed by atoms with Crippen molar-refractivity contribution >= 4 is 87.2 Å². The molecule has 0 spiro atoms. The fourth-order valence-corrected chi connectivity index (χ4v) is 11.8. The summed E-state index contributed by atoms with van der Waals surface area (Å²) in [4.78, 5) is 0. The van der Waals surface area contributed by atoms with Gasteiger partial charge in [-0.3, -0.25) is 0 Å². The second-order valence-corrected chi connectivity index (χ2v) is 21.9. The van der Waals surface area contributed by atoms with Gasteiger partial charge in [0.05, 0.1) is 44.1 Å². The van der Waals surface area contributed by atoms with E-state index >= 15 is 0 Å². The van der Waals surface area contributed by atoms with E-state index in [-0.39, 0.29) is 10.8 Å². The van der Waals surface area contributed by atoms with Crippen LogP contribution in [0.2, 0.25) is 0 Å². The molecule has 0 aliphatic heterocycles. The molecular formula is C68H54N4. The van der Waals surface area contributed by atoms with Gasteiger partial charge >= 0.3 is 0 Å². The molecule has 0 aliphatic rings. The minimum Gasteiger partial charge on any atom is -0.309 e. The lowest BCUT2D eigenvalue weighted by Crippen LogP contribution is -2.10. The Morgan fingerprint density at radius 1 is 0.222 bits per heavy atom. The summed E-state index contributed by atoms with van der Waals surface area (Å²) in [6.07, 6.45) is 0. The molecule has 346 valence electrons. The molecule has 4 heterocycles. The Bertz CT molecular complexity index is 4490. The van der Waals surface area contributed by atoms with Crippen LogP contribution in [0.4, 0.5) is 0 Å². The molecule has 0 bridgehead atoms. The second-order valence-electron chi connectivity index (χ2n) is 21.9. The molecule has 72 heavy (non-hydrogen) atoms. The highest BCUT2D eigenvalue weighted by Gasteiger charge is 2.24. The summed E-state index contributed by atoms with van der Waals surface area (Å²) < 4.78 is 9.83. The summed E-state index contributed by atoms with van der Waals surface area (Å²) in [5.41, 5.74) is 19.3. The molecule has 0 aliphatic carbocycles. The summed E-state index contributed by atoms with van der Waals surface area (Å²) in [5.74, 6) is 0. The summed E-state index contributed by atoms with van der Waals surface area (Å²) in [7, 11) is 0. The Hall–Kier alpha value is -8.60. The Morgan fingerprint density at radius 2 is 0.597 bits per heavy atom. The molecule has 0 saturated heterocycles. The number of hydrogen-bond acceptors (Lipinski definition) is 0. The highest BCUT2D eigenvalue weighted by atomic mass is 15.0. The summed E-state index contributed by atoms with van der Waals surface area (Å²) in [6.45, 7) is 13.8. The number of aromatic nitrogens is 4. The second kappa shape index (κ2) is 15.4. The third kappa shape index (κ3) is 6.38. The quantitative estimate of drug-likeness (QED) is 0.164. The third-order valence-corrected chi connectivity index (χ3v) is 15.4. The molecule has 10 aromatic carbocycles. The van der Waals surface area contributed by atoms with Gasteiger partial charge < -0.3 is 18.3 Å². The smallest absolute Gasteiger partial charge is 0.0548 e. The zero-order valence-electron chi connectivity index (χ0n) is 41.6. The first kappa shape index (κ1) is 42.3. The van der Waals surface area contributed by atoms with Crippen LogP contribution in [-0.4, -0.2) is 18.3 Å². The Kier molecular flexibility index (Phi) is 9.07. The molecule has 0 atom stereocenters. The first-order valence-corrected chi connectivity index (χ1v) is 25.3. The number of benzene rings is 10. The van der Waals surface area contributed by atoms with E-state index in [1.807, 2.05) is 0 Å². The van der Waals surface area contributed by atoms with E-state index in [0.717, 1.165) is 11.4 Å². The number of para-hydroxylation sites is 4. The molecule has 14 rings (SSSR count). The van der Waals surface area contributed by atoms with Crippen LogP contribution in [0.25, 0.3) is 121 Å². The molecule has 4 heteroatoms. The van der Waals surface area contributed by atoms with Gasteiger partial charge in [-0.05, 0) is 136 Å². The molecule has 4 aromatic heterocycles. The van der Waals surface area contributed by atoms with Gasteiger partial charge in [0.25, 0.3) is 0 Å². The van der Waals surface area contributed by atoms with Crippen molar-refractivity contribution in [1.82, 2.24) is 18.3 Å². The zero-order valence-corrected chi connectivity index (χ0v) is 41.6. The van der Waals surface area contributed by atoms with Gasteiger partial charge in [-0.25, -0.2) is 0 Å². The first-order valence-electron chi connectivity index (χ1n) is 25.3. The molecule has 0 radical (unpaired) electrons. The van der Waals surface area contributed by atoms with Crippen LogP contribution < -0.4 is 0 Å². The van der Waals surface area contributed by atoms with Gasteiger partial charge in [-0.1, -0.05) is 157 Å². The molecule has 0 amide bonds. The normalized spacial score (nSPS) is 12.6. The minimum atomic E-state index is 0.0195. The van der Waals surface area contributed by atoms with Crippen molar-refractivity contribution in [2.45, 2.75) is 52.4 Å². The van der Waals surface area contributed by atoms with E-state index in [1.54, 1.807) is 0 Å². The predicted molar refractivity (Wildman–Crippen MR) is 307 cm³/mol. The van der Waals surface area contributed by atoms with Gasteiger partial charge in [0, 0.05) is 65.8 Å². The van der Waals surface area contributed by atoms with Crippen molar-refractivity contribution in [2.24, 2.45) is 0 Å². The maximum absolute atomic E-state index is 2.47. The SMILES string of the molecule is CC(C)(C)c1ccc2c(c1)c1cc3c(cc1n2-c1ccccc1)c1ccccc1n3-c1cccc(-c2ccc(-n3c4ccccc4c4cc5c(cc43)c3ccc(C(C)(C)C)cc3n5-c3ccccc3)cc2)c1. The molecule has 0 unspecified atom stereocenters. The van der Waals surface area contributed by atoms with Crippen molar-refractivity contribution in [1.29, 1.82) is 0 Å². The molecule has 0 fully saturated rings. The topological polar surface area (TPSA) is 19.7 Å². The molecule has 0 saturated carbocycles. The standard InChI is InChI=1S/C68H54N4/c1-67(2,3)45-31-35-61-54(37-45)58-42-65-56(40-66(58)69(61)47-19-9-7-10-20-47)52-25-14-16-27-60(52)72(65)50-23-17-18-44(36-50)43-28-32-49(33-29-43)70-59-26-15-13-24-51(59)55-39-64-57(41-63(55)70)53-34-30-46(68(4,5)6)38-62(53)71(64)48-21-11-8-12-22-48/h7-42H,1-6H3. The van der Waals surface area contributed by atoms with Crippen molar-refractivity contribution in [2.75, 3.05) is 0 Å². The fourth-order valence-electron chi connectivity index (χ4n) is 11.8. The average molecular weight is 927 g/mol. The van der Waals surface area contributed by atoms with Crippen LogP contribution in [0.1, 0.15) is 52.7 Å². The van der Waals surface area contributed by atoms with Crippen molar-refractivity contribution in [3.63, 3.8) is 0 Å². The minimum absolute atomic E-state index is 0.0195. The monoisotopic (exact) mass is 926 g/mol. The van der Waals surface area contributed by atoms with Gasteiger partial charge in [0.2, 0.25) is 0 Å². The van der Waals surface area contributed by atoms with Gasteiger partial charge in [0.15, 0.2) is 0 Å². The summed E-state index contributed by atoms with van der Waals surface area (Å²) >= 11 is 0. The van der Waals surface area contributed by atoms with Gasteiger partial charge in [-0.15, -0.1) is 0 Å². The first-order chi connectivity index (χ1) is 35.0. The van der Waals surface area contributed by atoms with E-state index in [1.165, 1.54) is 121 Å². The third-order valence-electron chi connectivity index (χ3n) is 15.4. The maximum atomic E-state index is 2.47. The van der Waals surface area contributed by atoms with E-state index < -0.39 is 0 Å². The molecule has 0 N–H and O–H groups in total. The van der Waals surface area contributed by atoms with E-state index in [9.17, 15) is 0 Å². The highest BCUT2D eigenvalue weighted by Crippen LogP contribution is 2.43. The number of nitrogens with zero attached hydrogens (tertiary/aromatic N) is 4. The van der Waals surface area contributed by atoms with Gasteiger partial charge in [-0.2, -0.15) is 0 Å². The molecular weight excluding hydrogens is 873 g/mol.